The largest absolute Gasteiger partial charge is 0.493 e. The molecule has 2 aromatic rings. The molecule has 0 unspecified atom stereocenters. The lowest BCUT2D eigenvalue weighted by Crippen LogP contribution is -2.20. The average molecular weight is 344 g/mol. The fraction of sp³-hybridized carbons (Fsp3) is 0.294. The summed E-state index contributed by atoms with van der Waals surface area (Å²) in [5.41, 5.74) is 5.08. The highest BCUT2D eigenvalue weighted by molar-refractivity contribution is 7.99. The highest BCUT2D eigenvalue weighted by Gasteiger charge is 2.05. The van der Waals surface area contributed by atoms with Crippen LogP contribution in [0.15, 0.2) is 40.6 Å². The molecule has 0 aliphatic carbocycles. The van der Waals surface area contributed by atoms with E-state index in [-0.39, 0.29) is 11.7 Å². The lowest BCUT2D eigenvalue weighted by atomic mass is 10.2. The van der Waals surface area contributed by atoms with Gasteiger partial charge < -0.3 is 4.74 Å². The molecule has 0 bridgehead atoms. The van der Waals surface area contributed by atoms with Gasteiger partial charge in [0.05, 0.1) is 18.6 Å². The Morgan fingerprint density at radius 3 is 2.71 bits per heavy atom. The maximum atomic E-state index is 11.9. The van der Waals surface area contributed by atoms with E-state index in [1.165, 1.54) is 11.8 Å². The minimum atomic E-state index is -0.215. The molecule has 2 rings (SSSR count). The van der Waals surface area contributed by atoms with Crippen LogP contribution in [0.4, 0.5) is 0 Å². The summed E-state index contributed by atoms with van der Waals surface area (Å²) in [4.78, 5) is 20.4. The molecule has 1 heterocycles. The second kappa shape index (κ2) is 9.02. The van der Waals surface area contributed by atoms with Gasteiger partial charge in [-0.2, -0.15) is 5.10 Å². The van der Waals surface area contributed by atoms with Crippen molar-refractivity contribution >= 4 is 23.9 Å². The van der Waals surface area contributed by atoms with Crippen LogP contribution >= 0.6 is 11.8 Å². The predicted molar refractivity (Wildman–Crippen MR) is 95.6 cm³/mol. The Bertz CT molecular complexity index is 714. The third kappa shape index (κ3) is 5.66. The topological polar surface area (TPSA) is 76.5 Å². The Morgan fingerprint density at radius 1 is 1.29 bits per heavy atom. The van der Waals surface area contributed by atoms with Gasteiger partial charge in [0.25, 0.3) is 5.91 Å². The van der Waals surface area contributed by atoms with Crippen molar-refractivity contribution in [3.8, 4) is 5.75 Å². The normalized spacial score (nSPS) is 10.8. The van der Waals surface area contributed by atoms with Gasteiger partial charge in [0.2, 0.25) is 0 Å². The van der Waals surface area contributed by atoms with E-state index in [0.29, 0.717) is 11.8 Å². The summed E-state index contributed by atoms with van der Waals surface area (Å²) in [6, 6.07) is 9.41. The fourth-order valence-electron chi connectivity index (χ4n) is 1.97. The third-order valence-electron chi connectivity index (χ3n) is 2.91. The highest BCUT2D eigenvalue weighted by atomic mass is 32.2. The zero-order valence-corrected chi connectivity index (χ0v) is 14.8. The van der Waals surface area contributed by atoms with E-state index in [9.17, 15) is 4.79 Å². The van der Waals surface area contributed by atoms with E-state index in [1.54, 1.807) is 6.21 Å². The molecule has 1 N–H and O–H groups in total. The van der Waals surface area contributed by atoms with Crippen molar-refractivity contribution in [2.75, 3.05) is 12.4 Å². The maximum Gasteiger partial charge on any atom is 0.250 e. The van der Waals surface area contributed by atoms with Crippen LogP contribution < -0.4 is 10.2 Å². The Balaban J connectivity index is 1.87. The quantitative estimate of drug-likeness (QED) is 0.362. The summed E-state index contributed by atoms with van der Waals surface area (Å²) in [5, 5.41) is 4.56. The number of ether oxygens (including phenoxy) is 1. The Hall–Kier alpha value is -2.41. The van der Waals surface area contributed by atoms with Gasteiger partial charge in [-0.15, -0.1) is 0 Å². The minimum absolute atomic E-state index is 0.202. The number of rotatable bonds is 7. The van der Waals surface area contributed by atoms with Crippen LogP contribution in [0, 0.1) is 13.8 Å². The number of carbonyl (C=O) groups is 1. The highest BCUT2D eigenvalue weighted by Crippen LogP contribution is 2.16. The first-order chi connectivity index (χ1) is 11.6. The SMILES string of the molecule is CCOc1ccccc1/C=N\NC(=O)CSc1nc(C)cc(C)n1. The second-order valence-electron chi connectivity index (χ2n) is 4.99. The fourth-order valence-corrected chi connectivity index (χ4v) is 2.71. The molecule has 6 nitrogen and oxygen atoms in total. The first-order valence-corrected chi connectivity index (χ1v) is 8.56. The van der Waals surface area contributed by atoms with Gasteiger partial charge >= 0.3 is 0 Å². The Labute approximate surface area is 145 Å². The molecular weight excluding hydrogens is 324 g/mol. The molecular formula is C17H20N4O2S. The summed E-state index contributed by atoms with van der Waals surface area (Å²) >= 11 is 1.28. The number of hydrazone groups is 1. The van der Waals surface area contributed by atoms with Crippen molar-refractivity contribution in [1.29, 1.82) is 0 Å². The van der Waals surface area contributed by atoms with Crippen LogP contribution in [0.5, 0.6) is 5.75 Å². The van der Waals surface area contributed by atoms with Crippen molar-refractivity contribution in [2.45, 2.75) is 25.9 Å². The number of aryl methyl sites for hydroxylation is 2. The van der Waals surface area contributed by atoms with Gasteiger partial charge in [-0.05, 0) is 39.0 Å². The predicted octanol–water partition coefficient (Wildman–Crippen LogP) is 2.73. The van der Waals surface area contributed by atoms with Crippen LogP contribution in [0.2, 0.25) is 0 Å². The number of nitrogens with zero attached hydrogens (tertiary/aromatic N) is 3. The van der Waals surface area contributed by atoms with E-state index in [4.69, 9.17) is 4.74 Å². The number of nitrogens with one attached hydrogen (secondary N) is 1. The van der Waals surface area contributed by atoms with Gasteiger partial charge in [-0.1, -0.05) is 23.9 Å². The van der Waals surface area contributed by atoms with Crippen LogP contribution in [0.3, 0.4) is 0 Å². The van der Waals surface area contributed by atoms with E-state index >= 15 is 0 Å². The van der Waals surface area contributed by atoms with Crippen LogP contribution in [0.1, 0.15) is 23.9 Å². The smallest absolute Gasteiger partial charge is 0.250 e. The molecule has 0 saturated heterocycles. The molecule has 126 valence electrons. The van der Waals surface area contributed by atoms with Crippen LogP contribution in [-0.2, 0) is 4.79 Å². The van der Waals surface area contributed by atoms with Crippen LogP contribution in [0.25, 0.3) is 0 Å². The standard InChI is InChI=1S/C17H20N4O2S/c1-4-23-15-8-6-5-7-14(15)10-18-21-16(22)11-24-17-19-12(2)9-13(3)20-17/h5-10H,4,11H2,1-3H3,(H,21,22)/b18-10-. The lowest BCUT2D eigenvalue weighted by molar-refractivity contribution is -0.118. The number of aromatic nitrogens is 2. The number of thioether (sulfide) groups is 1. The number of amides is 1. The van der Waals surface area contributed by atoms with Crippen molar-refractivity contribution < 1.29 is 9.53 Å². The van der Waals surface area contributed by atoms with Crippen molar-refractivity contribution in [2.24, 2.45) is 5.10 Å². The first-order valence-electron chi connectivity index (χ1n) is 7.57. The summed E-state index contributed by atoms with van der Waals surface area (Å²) in [7, 11) is 0. The Morgan fingerprint density at radius 2 is 2.00 bits per heavy atom. The molecule has 0 aliphatic heterocycles. The number of para-hydroxylation sites is 1. The number of benzene rings is 1. The van der Waals surface area contributed by atoms with Crippen molar-refractivity contribution in [1.82, 2.24) is 15.4 Å². The van der Waals surface area contributed by atoms with Crippen molar-refractivity contribution in [3.05, 3.63) is 47.3 Å². The molecule has 24 heavy (non-hydrogen) atoms. The average Bonchev–Trinajstić information content (AvgIpc) is 2.54. The summed E-state index contributed by atoms with van der Waals surface area (Å²) < 4.78 is 5.50. The summed E-state index contributed by atoms with van der Waals surface area (Å²) in [6.45, 7) is 6.30. The molecule has 0 fully saturated rings. The molecule has 1 aromatic heterocycles. The van der Waals surface area contributed by atoms with Crippen LogP contribution in [-0.4, -0.2) is 34.4 Å². The van der Waals surface area contributed by atoms with E-state index in [1.807, 2.05) is 51.1 Å². The molecule has 0 aliphatic rings. The maximum absolute atomic E-state index is 11.9. The van der Waals surface area contributed by atoms with Gasteiger partial charge in [0, 0.05) is 17.0 Å². The molecule has 0 radical (unpaired) electrons. The van der Waals surface area contributed by atoms with Gasteiger partial charge in [0.15, 0.2) is 5.16 Å². The van der Waals surface area contributed by atoms with E-state index in [0.717, 1.165) is 22.7 Å². The van der Waals surface area contributed by atoms with E-state index < -0.39 is 0 Å². The summed E-state index contributed by atoms with van der Waals surface area (Å²) in [6.07, 6.45) is 1.57. The van der Waals surface area contributed by atoms with Gasteiger partial charge in [-0.25, -0.2) is 15.4 Å². The number of hydrogen-bond acceptors (Lipinski definition) is 6. The molecule has 1 amide bonds. The lowest BCUT2D eigenvalue weighted by Gasteiger charge is -2.06. The zero-order valence-electron chi connectivity index (χ0n) is 13.9. The molecule has 0 atom stereocenters. The number of hydrogen-bond donors (Lipinski definition) is 1. The van der Waals surface area contributed by atoms with Crippen molar-refractivity contribution in [3.63, 3.8) is 0 Å². The Kier molecular flexibility index (Phi) is 6.74. The summed E-state index contributed by atoms with van der Waals surface area (Å²) in [5.74, 6) is 0.719. The molecule has 1 aromatic carbocycles. The minimum Gasteiger partial charge on any atom is -0.493 e. The molecule has 7 heteroatoms. The molecule has 0 saturated carbocycles. The first kappa shape index (κ1) is 17.9. The van der Waals surface area contributed by atoms with Gasteiger partial charge in [0.1, 0.15) is 5.75 Å². The van der Waals surface area contributed by atoms with Gasteiger partial charge in [-0.3, -0.25) is 4.79 Å². The monoisotopic (exact) mass is 344 g/mol. The molecule has 0 spiro atoms. The zero-order chi connectivity index (χ0) is 17.4. The second-order valence-corrected chi connectivity index (χ2v) is 5.93. The number of carbonyl (C=O) groups excluding carboxylic acids is 1. The van der Waals surface area contributed by atoms with E-state index in [2.05, 4.69) is 20.5 Å². The third-order valence-corrected chi connectivity index (χ3v) is 3.75.